The molecule has 8 heteroatoms. The molecule has 0 spiro atoms. The first kappa shape index (κ1) is 19.6. The molecule has 1 N–H and O–H groups in total. The van der Waals surface area contributed by atoms with E-state index in [4.69, 9.17) is 14.2 Å². The molecular formula is C17H24N2O5S. The lowest BCUT2D eigenvalue weighted by Gasteiger charge is -2.18. The Kier molecular flexibility index (Phi) is 7.12. The van der Waals surface area contributed by atoms with Crippen LogP contribution in [0.4, 0.5) is 0 Å². The van der Waals surface area contributed by atoms with E-state index in [1.54, 1.807) is 24.4 Å². The lowest BCUT2D eigenvalue weighted by Crippen LogP contribution is -2.35. The number of aromatic nitrogens is 1. The summed E-state index contributed by atoms with van der Waals surface area (Å²) in [5.74, 6) is 0.554. The topological polar surface area (TPSA) is 86.8 Å². The zero-order valence-electron chi connectivity index (χ0n) is 14.7. The zero-order chi connectivity index (χ0) is 18.3. The predicted molar refractivity (Wildman–Crippen MR) is 95.1 cm³/mol. The number of sulfonamides is 1. The van der Waals surface area contributed by atoms with Crippen molar-refractivity contribution >= 4 is 20.9 Å². The number of ether oxygens (including phenoxy) is 3. The van der Waals surface area contributed by atoms with E-state index in [2.05, 4.69) is 9.71 Å². The number of fused-ring (bicyclic) bond motifs is 1. The van der Waals surface area contributed by atoms with Crippen LogP contribution in [-0.4, -0.2) is 46.1 Å². The molecule has 0 saturated carbocycles. The number of hydrogen-bond acceptors (Lipinski definition) is 6. The molecule has 0 aliphatic carbocycles. The normalized spacial score (nSPS) is 12.0. The minimum Gasteiger partial charge on any atom is -0.492 e. The third-order valence-corrected chi connectivity index (χ3v) is 4.91. The minimum atomic E-state index is -3.76. The highest BCUT2D eigenvalue weighted by molar-refractivity contribution is 7.89. The van der Waals surface area contributed by atoms with Crippen molar-refractivity contribution in [3.8, 4) is 5.75 Å². The molecule has 0 amide bonds. The number of benzene rings is 1. The summed E-state index contributed by atoms with van der Waals surface area (Å²) in [6, 6.07) is 6.55. The van der Waals surface area contributed by atoms with Crippen molar-refractivity contribution in [2.45, 2.75) is 32.0 Å². The van der Waals surface area contributed by atoms with Gasteiger partial charge in [-0.2, -0.15) is 0 Å². The minimum absolute atomic E-state index is 0.0268. The average Bonchev–Trinajstić information content (AvgIpc) is 2.60. The molecule has 2 aromatic rings. The van der Waals surface area contributed by atoms with Gasteiger partial charge in [-0.05, 0) is 45.0 Å². The van der Waals surface area contributed by atoms with Crippen molar-refractivity contribution < 1.29 is 22.6 Å². The van der Waals surface area contributed by atoms with E-state index in [1.807, 2.05) is 20.8 Å². The Morgan fingerprint density at radius 3 is 2.44 bits per heavy atom. The van der Waals surface area contributed by atoms with Gasteiger partial charge in [-0.1, -0.05) is 0 Å². The van der Waals surface area contributed by atoms with Gasteiger partial charge in [0.15, 0.2) is 6.29 Å². The first-order valence-electron chi connectivity index (χ1n) is 8.26. The van der Waals surface area contributed by atoms with Gasteiger partial charge in [0.2, 0.25) is 10.0 Å². The fourth-order valence-electron chi connectivity index (χ4n) is 2.42. The number of hydrogen-bond donors (Lipinski definition) is 1. The molecule has 138 valence electrons. The fourth-order valence-corrected chi connectivity index (χ4v) is 3.63. The summed E-state index contributed by atoms with van der Waals surface area (Å²) in [6.45, 7) is 6.88. The molecule has 0 unspecified atom stereocenters. The molecule has 0 aliphatic rings. The van der Waals surface area contributed by atoms with Crippen LogP contribution in [-0.2, 0) is 19.5 Å². The molecule has 0 radical (unpaired) electrons. The zero-order valence-corrected chi connectivity index (χ0v) is 15.5. The first-order valence-corrected chi connectivity index (χ1v) is 9.75. The van der Waals surface area contributed by atoms with E-state index in [9.17, 15) is 8.42 Å². The van der Waals surface area contributed by atoms with E-state index in [1.165, 1.54) is 6.07 Å². The van der Waals surface area contributed by atoms with Gasteiger partial charge in [0.05, 0.1) is 18.0 Å². The molecule has 0 bridgehead atoms. The van der Waals surface area contributed by atoms with Gasteiger partial charge in [0.25, 0.3) is 0 Å². The van der Waals surface area contributed by atoms with Crippen LogP contribution in [0, 0.1) is 0 Å². The Labute approximate surface area is 148 Å². The highest BCUT2D eigenvalue weighted by Gasteiger charge is 2.21. The largest absolute Gasteiger partial charge is 0.492 e. The second-order valence-corrected chi connectivity index (χ2v) is 6.82. The molecule has 0 fully saturated rings. The Morgan fingerprint density at radius 2 is 1.80 bits per heavy atom. The SMILES string of the molecule is CCOc1ccc(S(=O)(=O)NCC(OCC)OCC)c2cccnc12. The summed E-state index contributed by atoms with van der Waals surface area (Å²) in [4.78, 5) is 4.41. The Hall–Kier alpha value is -1.74. The predicted octanol–water partition coefficient (Wildman–Crippen LogP) is 2.31. The van der Waals surface area contributed by atoms with Crippen molar-refractivity contribution in [3.63, 3.8) is 0 Å². The molecule has 1 aromatic carbocycles. The van der Waals surface area contributed by atoms with E-state index in [-0.39, 0.29) is 11.4 Å². The number of rotatable bonds is 10. The summed E-state index contributed by atoms with van der Waals surface area (Å²) >= 11 is 0. The van der Waals surface area contributed by atoms with Crippen LogP contribution in [0.3, 0.4) is 0 Å². The average molecular weight is 368 g/mol. The van der Waals surface area contributed by atoms with Crippen molar-refractivity contribution in [2.75, 3.05) is 26.4 Å². The maximum atomic E-state index is 12.7. The van der Waals surface area contributed by atoms with Gasteiger partial charge in [-0.3, -0.25) is 4.98 Å². The Morgan fingerprint density at radius 1 is 1.08 bits per heavy atom. The molecule has 1 heterocycles. The molecule has 0 saturated heterocycles. The van der Waals surface area contributed by atoms with Gasteiger partial charge in [-0.25, -0.2) is 13.1 Å². The third-order valence-electron chi connectivity index (χ3n) is 3.43. The lowest BCUT2D eigenvalue weighted by atomic mass is 10.2. The third kappa shape index (κ3) is 4.88. The van der Waals surface area contributed by atoms with Crippen molar-refractivity contribution in [1.82, 2.24) is 9.71 Å². The van der Waals surface area contributed by atoms with E-state index >= 15 is 0 Å². The molecule has 1 aromatic heterocycles. The summed E-state index contributed by atoms with van der Waals surface area (Å²) in [7, 11) is -3.76. The van der Waals surface area contributed by atoms with Gasteiger partial charge < -0.3 is 14.2 Å². The van der Waals surface area contributed by atoms with Crippen molar-refractivity contribution in [1.29, 1.82) is 0 Å². The van der Waals surface area contributed by atoms with Crippen LogP contribution in [0.2, 0.25) is 0 Å². The first-order chi connectivity index (χ1) is 12.0. The fraction of sp³-hybridized carbons (Fsp3) is 0.471. The van der Waals surface area contributed by atoms with Gasteiger partial charge in [-0.15, -0.1) is 0 Å². The van der Waals surface area contributed by atoms with E-state index in [0.29, 0.717) is 36.5 Å². The van der Waals surface area contributed by atoms with Crippen molar-refractivity contribution in [3.05, 3.63) is 30.5 Å². The van der Waals surface area contributed by atoms with Gasteiger partial charge >= 0.3 is 0 Å². The van der Waals surface area contributed by atoms with Crippen LogP contribution in [0.25, 0.3) is 10.9 Å². The second-order valence-electron chi connectivity index (χ2n) is 5.09. The lowest BCUT2D eigenvalue weighted by molar-refractivity contribution is -0.130. The monoisotopic (exact) mass is 368 g/mol. The quantitative estimate of drug-likeness (QED) is 0.648. The van der Waals surface area contributed by atoms with Crippen LogP contribution < -0.4 is 9.46 Å². The van der Waals surface area contributed by atoms with Crippen LogP contribution in [0.1, 0.15) is 20.8 Å². The molecule has 25 heavy (non-hydrogen) atoms. The van der Waals surface area contributed by atoms with Crippen LogP contribution in [0.5, 0.6) is 5.75 Å². The molecule has 0 atom stereocenters. The highest BCUT2D eigenvalue weighted by atomic mass is 32.2. The maximum absolute atomic E-state index is 12.7. The molecule has 7 nitrogen and oxygen atoms in total. The summed E-state index contributed by atoms with van der Waals surface area (Å²) < 4.78 is 44.3. The Balaban J connectivity index is 2.31. The Bertz CT molecular complexity index is 789. The number of nitrogens with zero attached hydrogens (tertiary/aromatic N) is 1. The number of pyridine rings is 1. The molecule has 2 rings (SSSR count). The summed E-state index contributed by atoms with van der Waals surface area (Å²) in [5.41, 5.74) is 0.512. The van der Waals surface area contributed by atoms with E-state index in [0.717, 1.165) is 0 Å². The summed E-state index contributed by atoms with van der Waals surface area (Å²) in [6.07, 6.45) is 0.978. The number of nitrogens with one attached hydrogen (secondary N) is 1. The summed E-state index contributed by atoms with van der Waals surface area (Å²) in [5, 5.41) is 0.505. The van der Waals surface area contributed by atoms with Gasteiger partial charge in [0.1, 0.15) is 11.3 Å². The highest BCUT2D eigenvalue weighted by Crippen LogP contribution is 2.29. The standard InChI is InChI=1S/C17H24N2O5S/c1-4-22-14-9-10-15(13-8-7-11-18-17(13)14)25(20,21)19-12-16(23-5-2)24-6-3/h7-11,16,19H,4-6,12H2,1-3H3. The van der Waals surface area contributed by atoms with Crippen LogP contribution in [0.15, 0.2) is 35.4 Å². The smallest absolute Gasteiger partial charge is 0.241 e. The van der Waals surface area contributed by atoms with Crippen molar-refractivity contribution in [2.24, 2.45) is 0 Å². The molecule has 0 aliphatic heterocycles. The molecular weight excluding hydrogens is 344 g/mol. The second kappa shape index (κ2) is 9.10. The van der Waals surface area contributed by atoms with Crippen LogP contribution >= 0.6 is 0 Å². The van der Waals surface area contributed by atoms with Gasteiger partial charge in [0, 0.05) is 24.8 Å². The maximum Gasteiger partial charge on any atom is 0.241 e. The van der Waals surface area contributed by atoms with E-state index < -0.39 is 16.3 Å².